The first-order chi connectivity index (χ1) is 29.2. The van der Waals surface area contributed by atoms with Gasteiger partial charge in [-0.25, -0.2) is 0 Å². The van der Waals surface area contributed by atoms with Gasteiger partial charge in [0, 0.05) is 33.5 Å². The highest BCUT2D eigenvalue weighted by molar-refractivity contribution is 6.10. The molecule has 2 nitrogen and oxygen atoms in total. The van der Waals surface area contributed by atoms with Gasteiger partial charge in [-0.05, 0) is 128 Å². The number of nitrogens with zero attached hydrogens (tertiary/aromatic N) is 2. The van der Waals surface area contributed by atoms with Crippen LogP contribution in [0.25, 0.3) is 60.9 Å². The topological polar surface area (TPSA) is 8.17 Å². The lowest BCUT2D eigenvalue weighted by Crippen LogP contribution is -2.37. The number of benzene rings is 8. The van der Waals surface area contributed by atoms with Gasteiger partial charge in [0.15, 0.2) is 0 Å². The molecule has 0 aliphatic heterocycles. The van der Waals surface area contributed by atoms with Crippen LogP contribution in [0, 0.1) is 5.41 Å². The van der Waals surface area contributed by atoms with E-state index in [1.54, 1.807) is 0 Å². The standard InChI is InChI=1S/C58H54N2/c1-7-41-39-53-52-21-15-16-22-55(52)60(56(53)40-54(41)58(5,6)57(3,4)8-2)51-37-29-47(30-38-51)46-27-35-50(36-28-46)59(48-31-23-44(24-32-48)42-17-11-9-12-18-42)49-33-25-45(26-34-49)43-19-13-10-14-20-43/h9-40H,7-8H2,1-6H3. The zero-order chi connectivity index (χ0) is 41.4. The van der Waals surface area contributed by atoms with Crippen molar-refractivity contribution in [2.45, 2.75) is 59.8 Å². The summed E-state index contributed by atoms with van der Waals surface area (Å²) in [4.78, 5) is 2.35. The molecule has 9 rings (SSSR count). The van der Waals surface area contributed by atoms with Gasteiger partial charge in [0.2, 0.25) is 0 Å². The maximum absolute atomic E-state index is 2.51. The minimum atomic E-state index is 0.00535. The Balaban J connectivity index is 1.07. The van der Waals surface area contributed by atoms with Crippen molar-refractivity contribution in [3.8, 4) is 39.1 Å². The van der Waals surface area contributed by atoms with Gasteiger partial charge in [0.25, 0.3) is 0 Å². The van der Waals surface area contributed by atoms with Crippen LogP contribution in [0.3, 0.4) is 0 Å². The first-order valence-electron chi connectivity index (χ1n) is 21.6. The smallest absolute Gasteiger partial charge is 0.0544 e. The van der Waals surface area contributed by atoms with E-state index in [1.807, 2.05) is 0 Å². The molecule has 296 valence electrons. The maximum Gasteiger partial charge on any atom is 0.0544 e. The Hall–Kier alpha value is -6.64. The zero-order valence-electron chi connectivity index (χ0n) is 35.8. The molecule has 0 radical (unpaired) electrons. The molecule has 0 atom stereocenters. The van der Waals surface area contributed by atoms with E-state index in [0.717, 1.165) is 29.9 Å². The Bertz CT molecular complexity index is 2800. The van der Waals surface area contributed by atoms with Gasteiger partial charge in [-0.2, -0.15) is 0 Å². The molecule has 1 aromatic heterocycles. The number of rotatable bonds is 11. The normalized spacial score (nSPS) is 12.0. The van der Waals surface area contributed by atoms with E-state index in [0.29, 0.717) is 0 Å². The van der Waals surface area contributed by atoms with Crippen LogP contribution >= 0.6 is 0 Å². The molecule has 0 saturated heterocycles. The van der Waals surface area contributed by atoms with E-state index in [2.05, 4.69) is 245 Å². The van der Waals surface area contributed by atoms with Crippen LogP contribution in [0.1, 0.15) is 59.1 Å². The summed E-state index contributed by atoms with van der Waals surface area (Å²) in [6.45, 7) is 14.3. The molecule has 2 heteroatoms. The third-order valence-electron chi connectivity index (χ3n) is 13.6. The van der Waals surface area contributed by atoms with Gasteiger partial charge in [0.1, 0.15) is 0 Å². The molecule has 1 heterocycles. The average Bonchev–Trinajstić information content (AvgIpc) is 3.63. The summed E-state index contributed by atoms with van der Waals surface area (Å²) in [5.74, 6) is 0. The lowest BCUT2D eigenvalue weighted by molar-refractivity contribution is 0.188. The lowest BCUT2D eigenvalue weighted by atomic mass is 9.62. The Morgan fingerprint density at radius 1 is 0.417 bits per heavy atom. The minimum absolute atomic E-state index is 0.00535. The van der Waals surface area contributed by atoms with E-state index in [1.165, 1.54) is 72.0 Å². The molecule has 9 aromatic rings. The van der Waals surface area contributed by atoms with Gasteiger partial charge >= 0.3 is 0 Å². The monoisotopic (exact) mass is 778 g/mol. The molecule has 0 bridgehead atoms. The van der Waals surface area contributed by atoms with Crippen LogP contribution < -0.4 is 4.90 Å². The molecule has 0 fully saturated rings. The van der Waals surface area contributed by atoms with Crippen LogP contribution in [-0.2, 0) is 11.8 Å². The lowest BCUT2D eigenvalue weighted by Gasteiger charge is -2.43. The van der Waals surface area contributed by atoms with Crippen molar-refractivity contribution < 1.29 is 0 Å². The van der Waals surface area contributed by atoms with E-state index in [4.69, 9.17) is 0 Å². The number of hydrogen-bond donors (Lipinski definition) is 0. The number of hydrogen-bond acceptors (Lipinski definition) is 1. The fourth-order valence-corrected chi connectivity index (χ4v) is 8.94. The predicted octanol–water partition coefficient (Wildman–Crippen LogP) is 16.5. The Morgan fingerprint density at radius 3 is 1.28 bits per heavy atom. The van der Waals surface area contributed by atoms with Crippen LogP contribution in [0.15, 0.2) is 194 Å². The highest BCUT2D eigenvalue weighted by Crippen LogP contribution is 2.47. The number of aromatic nitrogens is 1. The largest absolute Gasteiger partial charge is 0.311 e. The molecule has 0 aliphatic rings. The molecule has 0 spiro atoms. The summed E-state index contributed by atoms with van der Waals surface area (Å²) >= 11 is 0. The second kappa shape index (κ2) is 15.8. The van der Waals surface area contributed by atoms with Crippen molar-refractivity contribution in [1.29, 1.82) is 0 Å². The molecular weight excluding hydrogens is 725 g/mol. The van der Waals surface area contributed by atoms with Gasteiger partial charge in [-0.1, -0.05) is 175 Å². The highest BCUT2D eigenvalue weighted by atomic mass is 15.1. The molecule has 0 unspecified atom stereocenters. The first kappa shape index (κ1) is 38.9. The number of aryl methyl sites for hydroxylation is 1. The van der Waals surface area contributed by atoms with Gasteiger partial charge in [-0.3, -0.25) is 0 Å². The number of anilines is 3. The van der Waals surface area contributed by atoms with Crippen molar-refractivity contribution in [3.05, 3.63) is 205 Å². The Labute approximate surface area is 356 Å². The third-order valence-corrected chi connectivity index (χ3v) is 13.6. The van der Waals surface area contributed by atoms with E-state index < -0.39 is 0 Å². The Morgan fingerprint density at radius 2 is 0.833 bits per heavy atom. The van der Waals surface area contributed by atoms with Crippen LogP contribution in [-0.4, -0.2) is 4.57 Å². The first-order valence-corrected chi connectivity index (χ1v) is 21.6. The molecular formula is C58H54N2. The zero-order valence-corrected chi connectivity index (χ0v) is 35.8. The van der Waals surface area contributed by atoms with E-state index in [9.17, 15) is 0 Å². The van der Waals surface area contributed by atoms with Crippen molar-refractivity contribution >= 4 is 38.9 Å². The third kappa shape index (κ3) is 7.01. The summed E-state index contributed by atoms with van der Waals surface area (Å²) in [5.41, 5.74) is 17.3. The average molecular weight is 779 g/mol. The molecule has 0 aliphatic carbocycles. The predicted molar refractivity (Wildman–Crippen MR) is 258 cm³/mol. The summed E-state index contributed by atoms with van der Waals surface area (Å²) in [6, 6.07) is 71.0. The molecule has 0 amide bonds. The Kier molecular flexibility index (Phi) is 10.3. The van der Waals surface area contributed by atoms with E-state index >= 15 is 0 Å². The van der Waals surface area contributed by atoms with Crippen LogP contribution in [0.4, 0.5) is 17.1 Å². The molecule has 60 heavy (non-hydrogen) atoms. The summed E-state index contributed by atoms with van der Waals surface area (Å²) < 4.78 is 2.47. The van der Waals surface area contributed by atoms with Crippen molar-refractivity contribution in [1.82, 2.24) is 4.57 Å². The molecule has 8 aromatic carbocycles. The summed E-state index contributed by atoms with van der Waals surface area (Å²) in [5, 5.41) is 2.62. The second-order valence-corrected chi connectivity index (χ2v) is 17.4. The van der Waals surface area contributed by atoms with Crippen molar-refractivity contribution in [2.75, 3.05) is 4.90 Å². The fourth-order valence-electron chi connectivity index (χ4n) is 8.94. The fraction of sp³-hybridized carbons (Fsp3) is 0.172. The number of para-hydroxylation sites is 1. The van der Waals surface area contributed by atoms with Crippen molar-refractivity contribution in [3.63, 3.8) is 0 Å². The molecule has 0 N–H and O–H groups in total. The van der Waals surface area contributed by atoms with E-state index in [-0.39, 0.29) is 10.8 Å². The van der Waals surface area contributed by atoms with Gasteiger partial charge in [-0.15, -0.1) is 0 Å². The SMILES string of the molecule is CCc1cc2c3ccccc3n(-c3ccc(-c4ccc(N(c5ccc(-c6ccccc6)cc5)c5ccc(-c6ccccc6)cc5)cc4)cc3)c2cc1C(C)(C)C(C)(C)CC. The summed E-state index contributed by atoms with van der Waals surface area (Å²) in [7, 11) is 0. The minimum Gasteiger partial charge on any atom is -0.311 e. The highest BCUT2D eigenvalue weighted by Gasteiger charge is 2.38. The van der Waals surface area contributed by atoms with Crippen molar-refractivity contribution in [2.24, 2.45) is 5.41 Å². The summed E-state index contributed by atoms with van der Waals surface area (Å²) in [6.07, 6.45) is 2.13. The van der Waals surface area contributed by atoms with Crippen LogP contribution in [0.2, 0.25) is 0 Å². The maximum atomic E-state index is 2.51. The van der Waals surface area contributed by atoms with Crippen LogP contribution in [0.5, 0.6) is 0 Å². The second-order valence-electron chi connectivity index (χ2n) is 17.4. The number of fused-ring (bicyclic) bond motifs is 3. The van der Waals surface area contributed by atoms with Gasteiger partial charge in [0.05, 0.1) is 11.0 Å². The molecule has 0 saturated carbocycles. The van der Waals surface area contributed by atoms with Gasteiger partial charge < -0.3 is 9.47 Å². The quantitative estimate of drug-likeness (QED) is 0.127.